The topological polar surface area (TPSA) is 89.2 Å². The van der Waals surface area contributed by atoms with Gasteiger partial charge in [0.15, 0.2) is 0 Å². The third-order valence-corrected chi connectivity index (χ3v) is 3.86. The highest BCUT2D eigenvalue weighted by molar-refractivity contribution is 6.32. The first-order valence-corrected chi connectivity index (χ1v) is 8.31. The maximum atomic E-state index is 11.8. The molecule has 7 nitrogen and oxygen atoms in total. The predicted molar refractivity (Wildman–Crippen MR) is 100 cm³/mol. The first-order valence-electron chi connectivity index (χ1n) is 7.93. The van der Waals surface area contributed by atoms with Crippen molar-refractivity contribution in [2.75, 3.05) is 11.9 Å². The van der Waals surface area contributed by atoms with Crippen LogP contribution in [0.4, 0.5) is 10.7 Å². The van der Waals surface area contributed by atoms with Gasteiger partial charge in [0.1, 0.15) is 5.75 Å². The molecule has 0 bridgehead atoms. The van der Waals surface area contributed by atoms with E-state index in [1.807, 2.05) is 25.1 Å². The molecule has 0 saturated carbocycles. The predicted octanol–water partition coefficient (Wildman–Crippen LogP) is 4.43. The molecule has 0 spiro atoms. The molecule has 0 aliphatic heterocycles. The van der Waals surface area contributed by atoms with Gasteiger partial charge in [0, 0.05) is 0 Å². The molecule has 134 valence electrons. The maximum Gasteiger partial charge on any atom is 0.413 e. The minimum Gasteiger partial charge on any atom is -0.450 e. The minimum absolute atomic E-state index is 0.124. The molecule has 8 heteroatoms. The number of ether oxygens (including phenoxy) is 2. The van der Waals surface area contributed by atoms with Gasteiger partial charge in [-0.05, 0) is 43.7 Å². The number of halogens is 1. The summed E-state index contributed by atoms with van der Waals surface area (Å²) in [6, 6.07) is 12.2. The van der Waals surface area contributed by atoms with E-state index in [0.29, 0.717) is 21.8 Å². The van der Waals surface area contributed by atoms with E-state index in [0.717, 1.165) is 5.56 Å². The Labute approximate surface area is 155 Å². The minimum atomic E-state index is -0.662. The number of fused-ring (bicyclic) bond motifs is 1. The van der Waals surface area contributed by atoms with Crippen LogP contribution in [0.25, 0.3) is 11.0 Å². The number of hydrogen-bond donors (Lipinski definition) is 2. The van der Waals surface area contributed by atoms with Gasteiger partial charge in [-0.25, -0.2) is 14.3 Å². The van der Waals surface area contributed by atoms with Gasteiger partial charge >= 0.3 is 12.1 Å². The Kier molecular flexibility index (Phi) is 5.09. The highest BCUT2D eigenvalue weighted by Gasteiger charge is 2.19. The van der Waals surface area contributed by atoms with E-state index in [1.54, 1.807) is 31.2 Å². The second-order valence-electron chi connectivity index (χ2n) is 5.45. The summed E-state index contributed by atoms with van der Waals surface area (Å²) < 4.78 is 11.9. The van der Waals surface area contributed by atoms with Crippen molar-refractivity contribution in [2.24, 2.45) is 0 Å². The molecule has 0 radical (unpaired) electrons. The van der Waals surface area contributed by atoms with Crippen molar-refractivity contribution in [3.8, 4) is 5.75 Å². The van der Waals surface area contributed by atoms with Crippen molar-refractivity contribution >= 4 is 40.7 Å². The maximum absolute atomic E-state index is 11.8. The number of amides is 1. The molecule has 0 aliphatic rings. The fraction of sp³-hybridized carbons (Fsp3) is 0.167. The number of imidazole rings is 1. The van der Waals surface area contributed by atoms with Crippen LogP contribution in [-0.2, 0) is 4.74 Å². The van der Waals surface area contributed by atoms with Crippen LogP contribution in [-0.4, -0.2) is 28.3 Å². The molecule has 1 amide bonds. The quantitative estimate of drug-likeness (QED) is 0.525. The number of hydrogen-bond acceptors (Lipinski definition) is 5. The van der Waals surface area contributed by atoms with E-state index >= 15 is 0 Å². The zero-order chi connectivity index (χ0) is 18.7. The molecule has 0 saturated heterocycles. The average molecular weight is 373 g/mol. The monoisotopic (exact) mass is 372 g/mol. The summed E-state index contributed by atoms with van der Waals surface area (Å²) in [7, 11) is 0. The number of nitrogens with zero attached hydrogens (tertiary/aromatic N) is 2. The third-order valence-electron chi connectivity index (χ3n) is 3.55. The van der Waals surface area contributed by atoms with E-state index in [-0.39, 0.29) is 18.6 Å². The van der Waals surface area contributed by atoms with Crippen LogP contribution >= 0.6 is 11.6 Å². The summed E-state index contributed by atoms with van der Waals surface area (Å²) in [5, 5.41) is 11.3. The van der Waals surface area contributed by atoms with E-state index in [9.17, 15) is 4.79 Å². The summed E-state index contributed by atoms with van der Waals surface area (Å²) in [5.74, 6) is 0.468. The van der Waals surface area contributed by atoms with Crippen molar-refractivity contribution in [3.63, 3.8) is 0 Å². The molecular formula is C18H17ClN4O3. The van der Waals surface area contributed by atoms with E-state index < -0.39 is 6.09 Å². The Morgan fingerprint density at radius 2 is 2.08 bits per heavy atom. The number of carbonyl (C=O) groups excluding carboxylic acids is 1. The number of aromatic nitrogens is 2. The number of para-hydroxylation sites is 2. The lowest BCUT2D eigenvalue weighted by atomic mass is 10.2. The van der Waals surface area contributed by atoms with Crippen LogP contribution in [0, 0.1) is 12.3 Å². The standard InChI is InChI=1S/C18H17ClN4O3/c1-3-25-18(24)22-17-21-13-6-4-5-7-14(13)23(17)16(20)26-15-10-11(2)8-9-12(15)19/h4-10,20H,3H2,1-2H3,(H,21,22,24). The Bertz CT molecular complexity index is 984. The molecule has 3 aromatic rings. The van der Waals surface area contributed by atoms with Gasteiger partial charge in [-0.2, -0.15) is 0 Å². The zero-order valence-corrected chi connectivity index (χ0v) is 15.0. The Balaban J connectivity index is 2.00. The van der Waals surface area contributed by atoms with Gasteiger partial charge in [0.25, 0.3) is 0 Å². The molecule has 3 rings (SSSR count). The first-order chi connectivity index (χ1) is 12.5. The molecule has 0 atom stereocenters. The van der Waals surface area contributed by atoms with E-state index in [1.165, 1.54) is 4.57 Å². The second kappa shape index (κ2) is 7.45. The van der Waals surface area contributed by atoms with Gasteiger partial charge in [0.2, 0.25) is 5.95 Å². The molecule has 2 N–H and O–H groups in total. The lowest BCUT2D eigenvalue weighted by molar-refractivity contribution is 0.167. The molecule has 0 unspecified atom stereocenters. The van der Waals surface area contributed by atoms with Crippen molar-refractivity contribution < 1.29 is 14.3 Å². The molecule has 1 heterocycles. The molecule has 26 heavy (non-hydrogen) atoms. The molecule has 0 aliphatic carbocycles. The van der Waals surface area contributed by atoms with Crippen molar-refractivity contribution in [1.82, 2.24) is 9.55 Å². The number of nitrogens with one attached hydrogen (secondary N) is 2. The third kappa shape index (κ3) is 3.62. The van der Waals surface area contributed by atoms with Gasteiger partial charge < -0.3 is 9.47 Å². The Hall–Kier alpha value is -3.06. The van der Waals surface area contributed by atoms with Crippen LogP contribution in [0.2, 0.25) is 5.02 Å². The molecule has 0 fully saturated rings. The van der Waals surface area contributed by atoms with Crippen LogP contribution in [0.5, 0.6) is 5.75 Å². The normalized spacial score (nSPS) is 10.6. The van der Waals surface area contributed by atoms with Crippen LogP contribution < -0.4 is 10.1 Å². The smallest absolute Gasteiger partial charge is 0.413 e. The summed E-state index contributed by atoms with van der Waals surface area (Å²) >= 11 is 6.15. The summed E-state index contributed by atoms with van der Waals surface area (Å²) in [5.41, 5.74) is 2.15. The Morgan fingerprint density at radius 3 is 2.85 bits per heavy atom. The van der Waals surface area contributed by atoms with Crippen molar-refractivity contribution in [3.05, 3.63) is 53.1 Å². The largest absolute Gasteiger partial charge is 0.450 e. The van der Waals surface area contributed by atoms with E-state index in [4.69, 9.17) is 26.5 Å². The summed E-state index contributed by atoms with van der Waals surface area (Å²) in [4.78, 5) is 16.1. The average Bonchev–Trinajstić information content (AvgIpc) is 2.96. The number of benzene rings is 2. The van der Waals surface area contributed by atoms with Crippen LogP contribution in [0.1, 0.15) is 12.5 Å². The highest BCUT2D eigenvalue weighted by atomic mass is 35.5. The number of carbonyl (C=O) groups is 1. The SMILES string of the molecule is CCOC(=O)Nc1nc2ccccc2n1C(=N)Oc1cc(C)ccc1Cl. The lowest BCUT2D eigenvalue weighted by Crippen LogP contribution is -2.23. The van der Waals surface area contributed by atoms with Crippen LogP contribution in [0.15, 0.2) is 42.5 Å². The van der Waals surface area contributed by atoms with Gasteiger partial charge in [-0.1, -0.05) is 29.8 Å². The summed E-state index contributed by atoms with van der Waals surface area (Å²) in [6.07, 6.45) is -0.662. The van der Waals surface area contributed by atoms with Crippen molar-refractivity contribution in [1.29, 1.82) is 5.41 Å². The first kappa shape index (κ1) is 17.8. The highest BCUT2D eigenvalue weighted by Crippen LogP contribution is 2.27. The Morgan fingerprint density at radius 1 is 1.31 bits per heavy atom. The second-order valence-corrected chi connectivity index (χ2v) is 5.85. The van der Waals surface area contributed by atoms with Gasteiger partial charge in [0.05, 0.1) is 22.7 Å². The van der Waals surface area contributed by atoms with E-state index in [2.05, 4.69) is 10.3 Å². The van der Waals surface area contributed by atoms with Gasteiger partial charge in [-0.3, -0.25) is 10.7 Å². The summed E-state index contributed by atoms with van der Waals surface area (Å²) in [6.45, 7) is 3.82. The molecular weight excluding hydrogens is 356 g/mol. The number of anilines is 1. The van der Waals surface area contributed by atoms with Gasteiger partial charge in [-0.15, -0.1) is 0 Å². The molecule has 1 aromatic heterocycles. The number of rotatable bonds is 3. The van der Waals surface area contributed by atoms with Crippen molar-refractivity contribution in [2.45, 2.75) is 13.8 Å². The van der Waals surface area contributed by atoms with Crippen LogP contribution in [0.3, 0.4) is 0 Å². The zero-order valence-electron chi connectivity index (χ0n) is 14.2. The fourth-order valence-corrected chi connectivity index (χ4v) is 2.57. The fourth-order valence-electron chi connectivity index (χ4n) is 2.41. The number of aryl methyl sites for hydroxylation is 1. The lowest BCUT2D eigenvalue weighted by Gasteiger charge is -2.13. The molecule has 2 aromatic carbocycles.